The Balaban J connectivity index is 3.28. The van der Waals surface area contributed by atoms with Crippen molar-refractivity contribution in [2.75, 3.05) is 0 Å². The molecule has 0 spiro atoms. The number of hydrogen-bond acceptors (Lipinski definition) is 4. The molecule has 11 heavy (non-hydrogen) atoms. The fourth-order valence-corrected chi connectivity index (χ4v) is 3.33. The minimum Gasteiger partial charge on any atom is -0.326 e. The highest BCUT2D eigenvalue weighted by molar-refractivity contribution is 8.75. The van der Waals surface area contributed by atoms with Crippen LogP contribution in [0, 0.1) is 0 Å². The molecule has 0 aliphatic rings. The molecule has 0 saturated carbocycles. The highest BCUT2D eigenvalue weighted by Gasteiger charge is 2.05. The third-order valence-electron chi connectivity index (χ3n) is 1.19. The summed E-state index contributed by atoms with van der Waals surface area (Å²) in [5.41, 5.74) is 0. The van der Waals surface area contributed by atoms with Crippen molar-refractivity contribution < 1.29 is 13.4 Å². The SMILES string of the molecule is CCC(CC)SSO[PH](=O)O. The van der Waals surface area contributed by atoms with Gasteiger partial charge in [0.15, 0.2) is 0 Å². The van der Waals surface area contributed by atoms with Crippen LogP contribution in [-0.4, -0.2) is 10.1 Å². The van der Waals surface area contributed by atoms with Crippen LogP contribution in [0.15, 0.2) is 0 Å². The van der Waals surface area contributed by atoms with E-state index in [2.05, 4.69) is 17.8 Å². The van der Waals surface area contributed by atoms with Crippen molar-refractivity contribution >= 4 is 30.1 Å². The maximum Gasteiger partial charge on any atom is 0.328 e. The van der Waals surface area contributed by atoms with Crippen molar-refractivity contribution in [2.24, 2.45) is 0 Å². The van der Waals surface area contributed by atoms with Crippen molar-refractivity contribution in [2.45, 2.75) is 31.9 Å². The molecule has 0 saturated heterocycles. The van der Waals surface area contributed by atoms with Crippen molar-refractivity contribution in [3.05, 3.63) is 0 Å². The van der Waals surface area contributed by atoms with Crippen LogP contribution in [0.1, 0.15) is 26.7 Å². The smallest absolute Gasteiger partial charge is 0.326 e. The second-order valence-electron chi connectivity index (χ2n) is 1.95. The van der Waals surface area contributed by atoms with Crippen LogP contribution in [-0.2, 0) is 8.54 Å². The molecular weight excluding hydrogens is 203 g/mol. The zero-order chi connectivity index (χ0) is 8.69. The number of hydrogen-bond donors (Lipinski definition) is 1. The average molecular weight is 216 g/mol. The summed E-state index contributed by atoms with van der Waals surface area (Å²) in [5.74, 6) is 0. The third kappa shape index (κ3) is 7.22. The summed E-state index contributed by atoms with van der Waals surface area (Å²) in [5, 5.41) is 0.515. The van der Waals surface area contributed by atoms with Gasteiger partial charge in [-0.25, -0.2) is 3.97 Å². The lowest BCUT2D eigenvalue weighted by molar-refractivity contribution is 0.434. The predicted molar refractivity (Wildman–Crippen MR) is 51.9 cm³/mol. The van der Waals surface area contributed by atoms with Gasteiger partial charge in [0, 0.05) is 5.25 Å². The van der Waals surface area contributed by atoms with Gasteiger partial charge < -0.3 is 4.89 Å². The first-order valence-corrected chi connectivity index (χ1v) is 6.83. The van der Waals surface area contributed by atoms with Crippen LogP contribution in [0.25, 0.3) is 0 Å². The van der Waals surface area contributed by atoms with Crippen molar-refractivity contribution in [3.8, 4) is 0 Å². The standard InChI is InChI=1S/C5H13O3PS2/c1-3-5(4-2)10-11-8-9(6)7/h5,9H,3-4H2,1-2H3,(H,6,7). The van der Waals surface area contributed by atoms with E-state index in [4.69, 9.17) is 4.89 Å². The first kappa shape index (κ1) is 11.8. The fraction of sp³-hybridized carbons (Fsp3) is 1.00. The molecule has 0 aliphatic heterocycles. The van der Waals surface area contributed by atoms with E-state index in [1.807, 2.05) is 0 Å². The highest BCUT2D eigenvalue weighted by atomic mass is 33.1. The van der Waals surface area contributed by atoms with Crippen molar-refractivity contribution in [1.82, 2.24) is 0 Å². The summed E-state index contributed by atoms with van der Waals surface area (Å²) in [4.78, 5) is 8.30. The monoisotopic (exact) mass is 216 g/mol. The van der Waals surface area contributed by atoms with Crippen LogP contribution in [0.5, 0.6) is 0 Å². The van der Waals surface area contributed by atoms with E-state index in [0.29, 0.717) is 5.25 Å². The van der Waals surface area contributed by atoms with Crippen LogP contribution in [0.2, 0.25) is 0 Å². The predicted octanol–water partition coefficient (Wildman–Crippen LogP) is 2.87. The lowest BCUT2D eigenvalue weighted by Gasteiger charge is -2.08. The van der Waals surface area contributed by atoms with Crippen molar-refractivity contribution in [1.29, 1.82) is 0 Å². The minimum atomic E-state index is -2.75. The van der Waals surface area contributed by atoms with Gasteiger partial charge in [0.2, 0.25) is 0 Å². The summed E-state index contributed by atoms with van der Waals surface area (Å²) in [7, 11) is -1.24. The topological polar surface area (TPSA) is 46.5 Å². The van der Waals surface area contributed by atoms with Gasteiger partial charge in [-0.2, -0.15) is 0 Å². The first-order chi connectivity index (χ1) is 5.20. The summed E-state index contributed by atoms with van der Waals surface area (Å²) < 4.78 is 14.5. The Morgan fingerprint density at radius 1 is 1.55 bits per heavy atom. The molecule has 3 nitrogen and oxygen atoms in total. The van der Waals surface area contributed by atoms with Gasteiger partial charge in [-0.1, -0.05) is 24.6 Å². The molecule has 0 rings (SSSR count). The second kappa shape index (κ2) is 7.50. The van der Waals surface area contributed by atoms with Crippen LogP contribution < -0.4 is 0 Å². The van der Waals surface area contributed by atoms with Gasteiger partial charge in [0.25, 0.3) is 0 Å². The Kier molecular flexibility index (Phi) is 8.08. The van der Waals surface area contributed by atoms with Gasteiger partial charge in [-0.05, 0) is 12.8 Å². The number of rotatable bonds is 6. The van der Waals surface area contributed by atoms with E-state index in [1.54, 1.807) is 0 Å². The molecule has 0 fully saturated rings. The summed E-state index contributed by atoms with van der Waals surface area (Å²) in [6, 6.07) is 0. The highest BCUT2D eigenvalue weighted by Crippen LogP contribution is 2.37. The lowest BCUT2D eigenvalue weighted by Crippen LogP contribution is -1.94. The maximum atomic E-state index is 10.1. The molecule has 1 N–H and O–H groups in total. The minimum absolute atomic E-state index is 0.515. The van der Waals surface area contributed by atoms with E-state index >= 15 is 0 Å². The molecule has 0 aliphatic carbocycles. The summed E-state index contributed by atoms with van der Waals surface area (Å²) in [6.45, 7) is 4.17. The molecule has 1 atom stereocenters. The summed E-state index contributed by atoms with van der Waals surface area (Å²) >= 11 is 1.02. The quantitative estimate of drug-likeness (QED) is 0.420. The van der Waals surface area contributed by atoms with Crippen molar-refractivity contribution in [3.63, 3.8) is 0 Å². The Hall–Kier alpha value is 0.850. The Bertz CT molecular complexity index is 118. The molecule has 0 bridgehead atoms. The van der Waals surface area contributed by atoms with E-state index in [-0.39, 0.29) is 0 Å². The molecule has 6 heteroatoms. The van der Waals surface area contributed by atoms with Gasteiger partial charge in [0.1, 0.15) is 0 Å². The molecule has 68 valence electrons. The Labute approximate surface area is 75.8 Å². The van der Waals surface area contributed by atoms with E-state index in [1.165, 1.54) is 10.8 Å². The maximum absolute atomic E-state index is 10.1. The molecule has 0 aromatic rings. The zero-order valence-electron chi connectivity index (χ0n) is 6.57. The van der Waals surface area contributed by atoms with Crippen LogP contribution >= 0.6 is 30.1 Å². The molecule has 0 heterocycles. The van der Waals surface area contributed by atoms with Gasteiger partial charge in [-0.15, -0.1) is 0 Å². The van der Waals surface area contributed by atoms with E-state index in [9.17, 15) is 4.57 Å². The summed E-state index contributed by atoms with van der Waals surface area (Å²) in [6.07, 6.45) is 2.12. The Morgan fingerprint density at radius 3 is 2.45 bits per heavy atom. The van der Waals surface area contributed by atoms with Crippen LogP contribution in [0.4, 0.5) is 0 Å². The molecule has 1 unspecified atom stereocenters. The largest absolute Gasteiger partial charge is 0.328 e. The molecular formula is C5H13O3PS2. The normalized spacial score (nSPS) is 13.8. The lowest BCUT2D eigenvalue weighted by atomic mass is 10.3. The third-order valence-corrected chi connectivity index (χ3v) is 4.72. The molecule has 0 amide bonds. The zero-order valence-corrected chi connectivity index (χ0v) is 9.20. The molecule has 0 radical (unpaired) electrons. The van der Waals surface area contributed by atoms with Crippen LogP contribution in [0.3, 0.4) is 0 Å². The van der Waals surface area contributed by atoms with E-state index < -0.39 is 8.25 Å². The fourth-order valence-electron chi connectivity index (χ4n) is 0.529. The molecule has 0 aromatic carbocycles. The molecule has 0 aromatic heterocycles. The second-order valence-corrected chi connectivity index (χ2v) is 5.13. The van der Waals surface area contributed by atoms with E-state index in [0.717, 1.165) is 23.9 Å². The van der Waals surface area contributed by atoms with Gasteiger partial charge >= 0.3 is 8.25 Å². The average Bonchev–Trinajstić information content (AvgIpc) is 1.98. The van der Waals surface area contributed by atoms with Gasteiger partial charge in [0.05, 0.1) is 11.1 Å². The first-order valence-electron chi connectivity index (χ1n) is 3.43. The van der Waals surface area contributed by atoms with Gasteiger partial charge in [-0.3, -0.25) is 4.57 Å². The Morgan fingerprint density at radius 2 is 2.09 bits per heavy atom.